The Hall–Kier alpha value is -1.66. The van der Waals surface area contributed by atoms with Gasteiger partial charge in [-0.25, -0.2) is 9.97 Å². The second-order valence-corrected chi connectivity index (χ2v) is 7.67. The van der Waals surface area contributed by atoms with E-state index in [4.69, 9.17) is 4.74 Å². The fraction of sp³-hybridized carbons (Fsp3) is 0.474. The van der Waals surface area contributed by atoms with Crippen LogP contribution in [0.1, 0.15) is 48.0 Å². The van der Waals surface area contributed by atoms with Crippen LogP contribution in [0.3, 0.4) is 0 Å². The van der Waals surface area contributed by atoms with Crippen molar-refractivity contribution in [3.8, 4) is 5.75 Å². The molecule has 0 spiro atoms. The molecule has 0 amide bonds. The lowest BCUT2D eigenvalue weighted by molar-refractivity contribution is 0.270. The van der Waals surface area contributed by atoms with E-state index in [0.717, 1.165) is 51.5 Å². The number of halogens is 1. The van der Waals surface area contributed by atoms with Crippen LogP contribution < -0.4 is 9.64 Å². The SMILES string of the molecule is Cc1cc(Br)cc2c1OCCN(c1nc(CO)nc(C)c1C(C)C)C2. The van der Waals surface area contributed by atoms with Crippen LogP contribution >= 0.6 is 15.9 Å². The Kier molecular flexibility index (Phi) is 5.29. The van der Waals surface area contributed by atoms with Gasteiger partial charge >= 0.3 is 0 Å². The van der Waals surface area contributed by atoms with Gasteiger partial charge in [-0.15, -0.1) is 0 Å². The van der Waals surface area contributed by atoms with E-state index in [2.05, 4.69) is 63.7 Å². The van der Waals surface area contributed by atoms with Gasteiger partial charge in [0.1, 0.15) is 24.8 Å². The Balaban J connectivity index is 2.08. The first-order valence-electron chi connectivity index (χ1n) is 8.55. The summed E-state index contributed by atoms with van der Waals surface area (Å²) in [6, 6.07) is 4.18. The highest BCUT2D eigenvalue weighted by atomic mass is 79.9. The van der Waals surface area contributed by atoms with Crippen molar-refractivity contribution in [3.05, 3.63) is 44.8 Å². The minimum Gasteiger partial charge on any atom is -0.491 e. The van der Waals surface area contributed by atoms with E-state index < -0.39 is 0 Å². The van der Waals surface area contributed by atoms with Crippen molar-refractivity contribution in [3.63, 3.8) is 0 Å². The number of aliphatic hydroxyl groups is 1. The molecule has 1 N–H and O–H groups in total. The fourth-order valence-electron chi connectivity index (χ4n) is 3.46. The van der Waals surface area contributed by atoms with Gasteiger partial charge in [0.05, 0.1) is 6.54 Å². The number of aryl methyl sites for hydroxylation is 2. The molecule has 25 heavy (non-hydrogen) atoms. The third kappa shape index (κ3) is 3.65. The molecule has 0 aliphatic carbocycles. The second-order valence-electron chi connectivity index (χ2n) is 6.76. The van der Waals surface area contributed by atoms with Crippen molar-refractivity contribution in [2.24, 2.45) is 0 Å². The Morgan fingerprint density at radius 2 is 2.04 bits per heavy atom. The van der Waals surface area contributed by atoms with E-state index in [9.17, 15) is 5.11 Å². The summed E-state index contributed by atoms with van der Waals surface area (Å²) in [5.41, 5.74) is 4.33. The van der Waals surface area contributed by atoms with E-state index in [1.807, 2.05) is 6.92 Å². The quantitative estimate of drug-likeness (QED) is 0.839. The highest BCUT2D eigenvalue weighted by molar-refractivity contribution is 9.10. The van der Waals surface area contributed by atoms with Crippen LogP contribution in [0, 0.1) is 13.8 Å². The molecule has 0 atom stereocenters. The van der Waals surface area contributed by atoms with Crippen molar-refractivity contribution in [2.75, 3.05) is 18.1 Å². The van der Waals surface area contributed by atoms with Gasteiger partial charge in [0.15, 0.2) is 5.82 Å². The van der Waals surface area contributed by atoms with Crippen molar-refractivity contribution < 1.29 is 9.84 Å². The minimum absolute atomic E-state index is 0.155. The van der Waals surface area contributed by atoms with Gasteiger partial charge in [-0.3, -0.25) is 0 Å². The molecule has 1 aliphatic rings. The molecule has 0 bridgehead atoms. The topological polar surface area (TPSA) is 58.5 Å². The molecule has 1 aromatic heterocycles. The lowest BCUT2D eigenvalue weighted by Crippen LogP contribution is -2.28. The molecule has 6 heteroatoms. The van der Waals surface area contributed by atoms with Gasteiger partial charge in [0.2, 0.25) is 0 Å². The third-order valence-corrected chi connectivity index (χ3v) is 4.92. The molecule has 2 heterocycles. The van der Waals surface area contributed by atoms with E-state index in [-0.39, 0.29) is 6.61 Å². The molecular weight excluding hydrogens is 382 g/mol. The maximum atomic E-state index is 9.53. The Morgan fingerprint density at radius 3 is 2.72 bits per heavy atom. The summed E-state index contributed by atoms with van der Waals surface area (Å²) in [5.74, 6) is 2.63. The maximum Gasteiger partial charge on any atom is 0.156 e. The van der Waals surface area contributed by atoms with Crippen LogP contribution in [0.5, 0.6) is 5.75 Å². The van der Waals surface area contributed by atoms with Gasteiger partial charge in [0.25, 0.3) is 0 Å². The zero-order chi connectivity index (χ0) is 18.1. The van der Waals surface area contributed by atoms with Gasteiger partial charge in [-0.1, -0.05) is 29.8 Å². The number of hydrogen-bond acceptors (Lipinski definition) is 5. The number of aromatic nitrogens is 2. The Labute approximate surface area is 157 Å². The zero-order valence-electron chi connectivity index (χ0n) is 15.1. The highest BCUT2D eigenvalue weighted by Gasteiger charge is 2.24. The third-order valence-electron chi connectivity index (χ3n) is 4.47. The minimum atomic E-state index is -0.155. The summed E-state index contributed by atoms with van der Waals surface area (Å²) in [6.07, 6.45) is 0. The number of anilines is 1. The van der Waals surface area contributed by atoms with E-state index in [1.54, 1.807) is 0 Å². The molecule has 2 aromatic rings. The summed E-state index contributed by atoms with van der Waals surface area (Å²) < 4.78 is 7.07. The monoisotopic (exact) mass is 405 g/mol. The molecule has 1 aliphatic heterocycles. The summed E-state index contributed by atoms with van der Waals surface area (Å²) in [5, 5.41) is 9.53. The summed E-state index contributed by atoms with van der Waals surface area (Å²) >= 11 is 3.58. The van der Waals surface area contributed by atoms with E-state index >= 15 is 0 Å². The summed E-state index contributed by atoms with van der Waals surface area (Å²) in [7, 11) is 0. The summed E-state index contributed by atoms with van der Waals surface area (Å²) in [4.78, 5) is 11.3. The lowest BCUT2D eigenvalue weighted by Gasteiger charge is -2.26. The van der Waals surface area contributed by atoms with Gasteiger partial charge in [-0.2, -0.15) is 0 Å². The molecular formula is C19H24BrN3O2. The summed E-state index contributed by atoms with van der Waals surface area (Å²) in [6.45, 7) is 10.3. The first-order chi connectivity index (χ1) is 11.9. The van der Waals surface area contributed by atoms with Crippen molar-refractivity contribution in [1.29, 1.82) is 0 Å². The normalized spacial score (nSPS) is 14.3. The molecule has 0 saturated heterocycles. The number of benzene rings is 1. The van der Waals surface area contributed by atoms with Crippen molar-refractivity contribution in [1.82, 2.24) is 9.97 Å². The zero-order valence-corrected chi connectivity index (χ0v) is 16.7. The van der Waals surface area contributed by atoms with Gasteiger partial charge < -0.3 is 14.7 Å². The highest BCUT2D eigenvalue weighted by Crippen LogP contribution is 2.34. The number of hydrogen-bond donors (Lipinski definition) is 1. The number of ether oxygens (including phenoxy) is 1. The number of rotatable bonds is 3. The molecule has 0 saturated carbocycles. The molecule has 0 fully saturated rings. The molecule has 134 valence electrons. The predicted octanol–water partition coefficient (Wildman–Crippen LogP) is 3.87. The first-order valence-corrected chi connectivity index (χ1v) is 9.35. The smallest absolute Gasteiger partial charge is 0.156 e. The average molecular weight is 406 g/mol. The predicted molar refractivity (Wildman–Crippen MR) is 102 cm³/mol. The van der Waals surface area contributed by atoms with Crippen molar-refractivity contribution >= 4 is 21.7 Å². The van der Waals surface area contributed by atoms with Gasteiger partial charge in [-0.05, 0) is 37.5 Å². The van der Waals surface area contributed by atoms with Crippen LogP contribution in [0.15, 0.2) is 16.6 Å². The number of aliphatic hydroxyl groups excluding tert-OH is 1. The van der Waals surface area contributed by atoms with Crippen LogP contribution in [0.25, 0.3) is 0 Å². The van der Waals surface area contributed by atoms with Crippen LogP contribution in [0.2, 0.25) is 0 Å². The fourth-order valence-corrected chi connectivity index (χ4v) is 4.08. The van der Waals surface area contributed by atoms with E-state index in [1.165, 1.54) is 0 Å². The number of fused-ring (bicyclic) bond motifs is 1. The molecule has 0 unspecified atom stereocenters. The first kappa shape index (κ1) is 18.1. The van der Waals surface area contributed by atoms with Crippen LogP contribution in [-0.4, -0.2) is 28.2 Å². The Morgan fingerprint density at radius 1 is 1.28 bits per heavy atom. The van der Waals surface area contributed by atoms with E-state index in [0.29, 0.717) is 18.3 Å². The maximum absolute atomic E-state index is 9.53. The number of nitrogens with zero attached hydrogens (tertiary/aromatic N) is 3. The molecule has 0 radical (unpaired) electrons. The standard InChI is InChI=1S/C19H24BrN3O2/c1-11(2)17-13(4)21-16(10-24)22-19(17)23-5-6-25-18-12(3)7-15(20)8-14(18)9-23/h7-8,11,24H,5-6,9-10H2,1-4H3. The van der Waals surface area contributed by atoms with Crippen LogP contribution in [-0.2, 0) is 13.2 Å². The largest absolute Gasteiger partial charge is 0.491 e. The molecule has 1 aromatic carbocycles. The van der Waals surface area contributed by atoms with Crippen LogP contribution in [0.4, 0.5) is 5.82 Å². The Bertz CT molecular complexity index is 793. The van der Waals surface area contributed by atoms with Crippen molar-refractivity contribution in [2.45, 2.75) is 46.8 Å². The van der Waals surface area contributed by atoms with Gasteiger partial charge in [0, 0.05) is 27.8 Å². The second kappa shape index (κ2) is 7.30. The lowest BCUT2D eigenvalue weighted by atomic mass is 10.0. The molecule has 5 nitrogen and oxygen atoms in total. The average Bonchev–Trinajstić information content (AvgIpc) is 2.76. The molecule has 3 rings (SSSR count).